The number of amides is 1. The van der Waals surface area contributed by atoms with Crippen molar-refractivity contribution < 1.29 is 19.4 Å². The third-order valence-electron chi connectivity index (χ3n) is 3.29. The molecule has 1 aliphatic carbocycles. The van der Waals surface area contributed by atoms with Crippen LogP contribution in [0.5, 0.6) is 11.5 Å². The molecule has 1 fully saturated rings. The Hall–Kier alpha value is -1.75. The molecular weight excluding hydrogens is 234 g/mol. The largest absolute Gasteiger partial charge is 0.497 e. The Morgan fingerprint density at radius 2 is 2.11 bits per heavy atom. The van der Waals surface area contributed by atoms with E-state index in [0.29, 0.717) is 17.2 Å². The number of nitrogens with one attached hydrogen (secondary N) is 1. The van der Waals surface area contributed by atoms with Crippen LogP contribution in [-0.2, 0) is 4.79 Å². The summed E-state index contributed by atoms with van der Waals surface area (Å²) in [5.41, 5.74) is -0.00619. The van der Waals surface area contributed by atoms with Gasteiger partial charge in [-0.15, -0.1) is 0 Å². The zero-order valence-corrected chi connectivity index (χ0v) is 10.5. The minimum Gasteiger partial charge on any atom is -0.497 e. The Balaban J connectivity index is 2.16. The Labute approximate surface area is 106 Å². The van der Waals surface area contributed by atoms with Crippen molar-refractivity contribution in [2.24, 2.45) is 5.41 Å². The average molecular weight is 251 g/mol. The predicted molar refractivity (Wildman–Crippen MR) is 66.9 cm³/mol. The smallest absolute Gasteiger partial charge is 0.233 e. The highest BCUT2D eigenvalue weighted by Crippen LogP contribution is 2.46. The van der Waals surface area contributed by atoms with Crippen LogP contribution in [0.15, 0.2) is 18.2 Å². The fourth-order valence-corrected chi connectivity index (χ4v) is 1.76. The number of carbonyl (C=O) groups excluding carboxylic acids is 1. The first-order valence-electron chi connectivity index (χ1n) is 5.79. The summed E-state index contributed by atoms with van der Waals surface area (Å²) >= 11 is 0. The normalized spacial score (nSPS) is 15.9. The zero-order chi connectivity index (χ0) is 13.2. The molecule has 0 aromatic heterocycles. The first-order chi connectivity index (χ1) is 8.65. The van der Waals surface area contributed by atoms with E-state index < -0.39 is 5.41 Å². The summed E-state index contributed by atoms with van der Waals surface area (Å²) in [6, 6.07) is 5.17. The lowest BCUT2D eigenvalue weighted by molar-refractivity contribution is -0.122. The molecule has 2 N–H and O–H groups in total. The molecular formula is C13H17NO4. The lowest BCUT2D eigenvalue weighted by Gasteiger charge is -2.15. The summed E-state index contributed by atoms with van der Waals surface area (Å²) in [6.45, 7) is -0.114. The third kappa shape index (κ3) is 2.26. The fraction of sp³-hybridized carbons (Fsp3) is 0.462. The molecule has 0 unspecified atom stereocenters. The van der Waals surface area contributed by atoms with Crippen LogP contribution in [0.4, 0.5) is 5.69 Å². The molecule has 2 rings (SSSR count). The minimum absolute atomic E-state index is 0.114. The maximum Gasteiger partial charge on any atom is 0.233 e. The predicted octanol–water partition coefficient (Wildman–Crippen LogP) is 1.41. The quantitative estimate of drug-likeness (QED) is 0.830. The number of hydrogen-bond donors (Lipinski definition) is 2. The highest BCUT2D eigenvalue weighted by molar-refractivity contribution is 5.98. The second kappa shape index (κ2) is 4.86. The molecule has 5 nitrogen and oxygen atoms in total. The lowest BCUT2D eigenvalue weighted by Crippen LogP contribution is -2.27. The van der Waals surface area contributed by atoms with E-state index in [1.165, 1.54) is 7.11 Å². The molecule has 1 aromatic rings. The first kappa shape index (κ1) is 12.7. The number of methoxy groups -OCH3 is 2. The number of anilines is 1. The van der Waals surface area contributed by atoms with Crippen molar-refractivity contribution in [1.82, 2.24) is 0 Å². The summed E-state index contributed by atoms with van der Waals surface area (Å²) in [7, 11) is 3.10. The van der Waals surface area contributed by atoms with Gasteiger partial charge in [-0.05, 0) is 25.0 Å². The van der Waals surface area contributed by atoms with Gasteiger partial charge in [-0.1, -0.05) is 0 Å². The van der Waals surface area contributed by atoms with E-state index >= 15 is 0 Å². The molecule has 1 amide bonds. The number of benzene rings is 1. The average Bonchev–Trinajstić information content (AvgIpc) is 3.20. The maximum atomic E-state index is 12.0. The second-order valence-corrected chi connectivity index (χ2v) is 4.46. The van der Waals surface area contributed by atoms with Gasteiger partial charge in [0.05, 0.1) is 31.9 Å². The van der Waals surface area contributed by atoms with Crippen LogP contribution in [-0.4, -0.2) is 31.8 Å². The first-order valence-corrected chi connectivity index (χ1v) is 5.79. The van der Waals surface area contributed by atoms with Gasteiger partial charge in [0.25, 0.3) is 0 Å². The van der Waals surface area contributed by atoms with E-state index in [1.54, 1.807) is 25.3 Å². The second-order valence-electron chi connectivity index (χ2n) is 4.46. The Kier molecular flexibility index (Phi) is 3.43. The molecule has 0 aliphatic heterocycles. The number of rotatable bonds is 5. The number of aliphatic hydroxyl groups is 1. The van der Waals surface area contributed by atoms with Gasteiger partial charge < -0.3 is 19.9 Å². The van der Waals surface area contributed by atoms with Crippen LogP contribution in [0.3, 0.4) is 0 Å². The van der Waals surface area contributed by atoms with Gasteiger partial charge in [0.1, 0.15) is 11.5 Å². The number of carbonyl (C=O) groups is 1. The van der Waals surface area contributed by atoms with E-state index in [1.807, 2.05) is 0 Å². The molecule has 1 saturated carbocycles. The molecule has 5 heteroatoms. The molecule has 98 valence electrons. The summed E-state index contributed by atoms with van der Waals surface area (Å²) in [4.78, 5) is 12.0. The molecule has 0 bridgehead atoms. The summed E-state index contributed by atoms with van der Waals surface area (Å²) in [6.07, 6.45) is 1.46. The van der Waals surface area contributed by atoms with Gasteiger partial charge >= 0.3 is 0 Å². The monoisotopic (exact) mass is 251 g/mol. The molecule has 1 aliphatic rings. The minimum atomic E-state index is -0.592. The summed E-state index contributed by atoms with van der Waals surface area (Å²) in [5.74, 6) is 1.04. The lowest BCUT2D eigenvalue weighted by atomic mass is 10.1. The Morgan fingerprint density at radius 3 is 2.61 bits per heavy atom. The number of aliphatic hydroxyl groups excluding tert-OH is 1. The molecule has 0 saturated heterocycles. The van der Waals surface area contributed by atoms with Crippen molar-refractivity contribution in [2.45, 2.75) is 12.8 Å². The topological polar surface area (TPSA) is 67.8 Å². The van der Waals surface area contributed by atoms with Gasteiger partial charge in [-0.25, -0.2) is 0 Å². The van der Waals surface area contributed by atoms with E-state index in [-0.39, 0.29) is 12.5 Å². The standard InChI is InChI=1S/C13H17NO4/c1-17-9-3-4-10(11(7-9)18-2)14-12(16)13(8-15)5-6-13/h3-4,7,15H,5-6,8H2,1-2H3,(H,14,16). The van der Waals surface area contributed by atoms with Crippen LogP contribution >= 0.6 is 0 Å². The van der Waals surface area contributed by atoms with Crippen LogP contribution in [0.2, 0.25) is 0 Å². The van der Waals surface area contributed by atoms with E-state index in [2.05, 4.69) is 5.32 Å². The molecule has 0 spiro atoms. The van der Waals surface area contributed by atoms with Crippen LogP contribution in [0.1, 0.15) is 12.8 Å². The van der Waals surface area contributed by atoms with E-state index in [0.717, 1.165) is 12.8 Å². The van der Waals surface area contributed by atoms with Gasteiger partial charge in [-0.2, -0.15) is 0 Å². The van der Waals surface area contributed by atoms with Crippen molar-refractivity contribution in [1.29, 1.82) is 0 Å². The summed E-state index contributed by atoms with van der Waals surface area (Å²) < 4.78 is 10.3. The van der Waals surface area contributed by atoms with E-state index in [9.17, 15) is 9.90 Å². The molecule has 18 heavy (non-hydrogen) atoms. The highest BCUT2D eigenvalue weighted by Gasteiger charge is 2.49. The molecule has 0 atom stereocenters. The fourth-order valence-electron chi connectivity index (χ4n) is 1.76. The molecule has 1 aromatic carbocycles. The van der Waals surface area contributed by atoms with Crippen molar-refractivity contribution in [3.05, 3.63) is 18.2 Å². The third-order valence-corrected chi connectivity index (χ3v) is 3.29. The molecule has 0 heterocycles. The zero-order valence-electron chi connectivity index (χ0n) is 10.5. The highest BCUT2D eigenvalue weighted by atomic mass is 16.5. The Morgan fingerprint density at radius 1 is 1.39 bits per heavy atom. The van der Waals surface area contributed by atoms with E-state index in [4.69, 9.17) is 9.47 Å². The van der Waals surface area contributed by atoms with Gasteiger partial charge in [0.2, 0.25) is 5.91 Å². The van der Waals surface area contributed by atoms with Crippen LogP contribution in [0, 0.1) is 5.41 Å². The van der Waals surface area contributed by atoms with Crippen molar-refractivity contribution in [2.75, 3.05) is 26.1 Å². The maximum absolute atomic E-state index is 12.0. The van der Waals surface area contributed by atoms with Crippen LogP contribution < -0.4 is 14.8 Å². The number of ether oxygens (including phenoxy) is 2. The van der Waals surface area contributed by atoms with Gasteiger partial charge in [0.15, 0.2) is 0 Å². The molecule has 0 radical (unpaired) electrons. The van der Waals surface area contributed by atoms with Crippen LogP contribution in [0.25, 0.3) is 0 Å². The van der Waals surface area contributed by atoms with Crippen molar-refractivity contribution in [3.63, 3.8) is 0 Å². The summed E-state index contributed by atoms with van der Waals surface area (Å²) in [5, 5.41) is 12.0. The number of hydrogen-bond acceptors (Lipinski definition) is 4. The van der Waals surface area contributed by atoms with Crippen molar-refractivity contribution >= 4 is 11.6 Å². The SMILES string of the molecule is COc1ccc(NC(=O)C2(CO)CC2)c(OC)c1. The van der Waals surface area contributed by atoms with Crippen molar-refractivity contribution in [3.8, 4) is 11.5 Å². The Bertz CT molecular complexity index is 454. The van der Waals surface area contributed by atoms with Gasteiger partial charge in [-0.3, -0.25) is 4.79 Å². The van der Waals surface area contributed by atoms with Gasteiger partial charge in [0, 0.05) is 6.07 Å².